The van der Waals surface area contributed by atoms with Crippen LogP contribution in [0.5, 0.6) is 5.75 Å². The van der Waals surface area contributed by atoms with Gasteiger partial charge >= 0.3 is 0 Å². The number of allylic oxidation sites excluding steroid dienone is 2. The second kappa shape index (κ2) is 10.9. The number of rotatable bonds is 7. The fourth-order valence-corrected chi connectivity index (χ4v) is 4.79. The van der Waals surface area contributed by atoms with Crippen molar-refractivity contribution in [2.45, 2.75) is 44.9 Å². The summed E-state index contributed by atoms with van der Waals surface area (Å²) in [6.07, 6.45) is 8.26. The molecule has 174 valence electrons. The van der Waals surface area contributed by atoms with Crippen molar-refractivity contribution >= 4 is 17.4 Å². The predicted molar refractivity (Wildman–Crippen MR) is 122 cm³/mol. The summed E-state index contributed by atoms with van der Waals surface area (Å²) in [4.78, 5) is 26.4. The average molecular weight is 444 g/mol. The number of hydrogen-bond acceptors (Lipinski definition) is 4. The zero-order valence-electron chi connectivity index (χ0n) is 18.7. The maximum Gasteiger partial charge on any atom is 0.241 e. The number of nitrogens with one attached hydrogen (secondary N) is 2. The molecule has 2 heterocycles. The third-order valence-corrected chi connectivity index (χ3v) is 6.89. The molecule has 0 spiro atoms. The minimum absolute atomic E-state index is 0.000767. The van der Waals surface area contributed by atoms with Crippen LogP contribution >= 0.6 is 0 Å². The molecule has 6 nitrogen and oxygen atoms in total. The third-order valence-electron chi connectivity index (χ3n) is 6.89. The number of benzene rings is 1. The van der Waals surface area contributed by atoms with Gasteiger partial charge in [-0.15, -0.1) is 0 Å². The molecule has 32 heavy (non-hydrogen) atoms. The van der Waals surface area contributed by atoms with E-state index in [2.05, 4.69) is 10.6 Å². The van der Waals surface area contributed by atoms with Crippen molar-refractivity contribution in [1.82, 2.24) is 15.5 Å². The molecule has 7 heteroatoms. The van der Waals surface area contributed by atoms with E-state index in [0.717, 1.165) is 63.0 Å². The van der Waals surface area contributed by atoms with Crippen molar-refractivity contribution in [1.29, 1.82) is 0 Å². The molecule has 0 bridgehead atoms. The first-order chi connectivity index (χ1) is 15.6. The first kappa shape index (κ1) is 22.8. The minimum atomic E-state index is -0.336. The Hall–Kier alpha value is -2.41. The second-order valence-electron chi connectivity index (χ2n) is 9.16. The van der Waals surface area contributed by atoms with Gasteiger partial charge in [-0.3, -0.25) is 9.59 Å². The maximum atomic E-state index is 14.6. The summed E-state index contributed by atoms with van der Waals surface area (Å²) >= 11 is 0. The topological polar surface area (TPSA) is 70.7 Å². The molecule has 0 radical (unpaired) electrons. The predicted octanol–water partition coefficient (Wildman–Crippen LogP) is 3.13. The van der Waals surface area contributed by atoms with E-state index in [0.29, 0.717) is 37.5 Å². The molecule has 1 aromatic carbocycles. The van der Waals surface area contributed by atoms with Gasteiger partial charge in [-0.1, -0.05) is 12.1 Å². The van der Waals surface area contributed by atoms with E-state index in [1.165, 1.54) is 0 Å². The minimum Gasteiger partial charge on any atom is -0.490 e. The van der Waals surface area contributed by atoms with Crippen LogP contribution in [0.2, 0.25) is 0 Å². The number of hydrogen-bond donors (Lipinski definition) is 2. The smallest absolute Gasteiger partial charge is 0.241 e. The maximum absolute atomic E-state index is 14.6. The molecule has 4 rings (SSSR count). The van der Waals surface area contributed by atoms with Crippen LogP contribution < -0.4 is 15.4 Å². The van der Waals surface area contributed by atoms with Crippen molar-refractivity contribution in [3.05, 3.63) is 35.7 Å². The standard InChI is InChI=1S/C25H34FN3O3/c26-22-15-21(7-8-23(22)32-17-18-9-11-27-12-10-18)19-3-5-20(6-4-19)25(31)28-16-24(30)29-13-1-2-14-29/h3,7-8,15,18,20,27H,1-2,4-6,9-14,16-17H2,(H,28,31). The van der Waals surface area contributed by atoms with Gasteiger partial charge in [-0.2, -0.15) is 0 Å². The molecule has 0 saturated carbocycles. The highest BCUT2D eigenvalue weighted by molar-refractivity contribution is 5.86. The lowest BCUT2D eigenvalue weighted by Gasteiger charge is -2.23. The Labute approximate surface area is 189 Å². The molecule has 0 aromatic heterocycles. The number of ether oxygens (including phenoxy) is 1. The Morgan fingerprint density at radius 1 is 1.16 bits per heavy atom. The molecule has 2 fully saturated rings. The molecule has 1 unspecified atom stereocenters. The number of amides is 2. The summed E-state index contributed by atoms with van der Waals surface area (Å²) in [6.45, 7) is 4.22. The fourth-order valence-electron chi connectivity index (χ4n) is 4.79. The first-order valence-electron chi connectivity index (χ1n) is 12.0. The van der Waals surface area contributed by atoms with Crippen LogP contribution in [0.4, 0.5) is 4.39 Å². The molecule has 2 amide bonds. The van der Waals surface area contributed by atoms with Gasteiger partial charge < -0.3 is 20.3 Å². The lowest BCUT2D eigenvalue weighted by atomic mass is 9.86. The van der Waals surface area contributed by atoms with Crippen molar-refractivity contribution in [3.8, 4) is 5.75 Å². The summed E-state index contributed by atoms with van der Waals surface area (Å²) < 4.78 is 20.3. The van der Waals surface area contributed by atoms with Crippen molar-refractivity contribution in [2.24, 2.45) is 11.8 Å². The van der Waals surface area contributed by atoms with Crippen molar-refractivity contribution in [2.75, 3.05) is 39.3 Å². The van der Waals surface area contributed by atoms with Gasteiger partial charge in [-0.25, -0.2) is 4.39 Å². The van der Waals surface area contributed by atoms with E-state index in [1.807, 2.05) is 17.0 Å². The Kier molecular flexibility index (Phi) is 7.79. The summed E-state index contributed by atoms with van der Waals surface area (Å²) in [5.41, 5.74) is 1.91. The van der Waals surface area contributed by atoms with E-state index >= 15 is 0 Å². The van der Waals surface area contributed by atoms with E-state index in [1.54, 1.807) is 12.1 Å². The highest BCUT2D eigenvalue weighted by atomic mass is 19.1. The normalized spacial score (nSPS) is 21.8. The molecule has 1 aliphatic carbocycles. The highest BCUT2D eigenvalue weighted by Crippen LogP contribution is 2.32. The quantitative estimate of drug-likeness (QED) is 0.679. The van der Waals surface area contributed by atoms with Crippen LogP contribution in [0.25, 0.3) is 5.57 Å². The van der Waals surface area contributed by atoms with Gasteiger partial charge in [0.15, 0.2) is 11.6 Å². The fraction of sp³-hybridized carbons (Fsp3) is 0.600. The molecule has 2 saturated heterocycles. The Morgan fingerprint density at radius 3 is 2.62 bits per heavy atom. The number of halogens is 1. The number of likely N-dealkylation sites (tertiary alicyclic amines) is 1. The van der Waals surface area contributed by atoms with Crippen LogP contribution in [0.3, 0.4) is 0 Å². The molecule has 2 N–H and O–H groups in total. The first-order valence-corrected chi connectivity index (χ1v) is 12.0. The van der Waals surface area contributed by atoms with Crippen molar-refractivity contribution in [3.63, 3.8) is 0 Å². The van der Waals surface area contributed by atoms with Crippen LogP contribution in [0, 0.1) is 17.7 Å². The summed E-state index contributed by atoms with van der Waals surface area (Å²) in [6, 6.07) is 5.16. The van der Waals surface area contributed by atoms with E-state index in [4.69, 9.17) is 4.74 Å². The Morgan fingerprint density at radius 2 is 1.94 bits per heavy atom. The zero-order chi connectivity index (χ0) is 22.3. The zero-order valence-corrected chi connectivity index (χ0v) is 18.7. The molecule has 3 aliphatic rings. The molecule has 1 aromatic rings. The van der Waals surface area contributed by atoms with Crippen LogP contribution in [0.1, 0.15) is 50.5 Å². The largest absolute Gasteiger partial charge is 0.490 e. The van der Waals surface area contributed by atoms with Gasteiger partial charge in [-0.05, 0) is 87.2 Å². The van der Waals surface area contributed by atoms with Gasteiger partial charge in [0.2, 0.25) is 11.8 Å². The molecule has 1 atom stereocenters. The van der Waals surface area contributed by atoms with Crippen LogP contribution in [-0.2, 0) is 9.59 Å². The van der Waals surface area contributed by atoms with Crippen LogP contribution in [0.15, 0.2) is 24.3 Å². The van der Waals surface area contributed by atoms with Gasteiger partial charge in [0.25, 0.3) is 0 Å². The summed E-state index contributed by atoms with van der Waals surface area (Å²) in [7, 11) is 0. The molecular weight excluding hydrogens is 409 g/mol. The SMILES string of the molecule is O=C(NCC(=O)N1CCCC1)C1CC=C(c2ccc(OCC3CCNCC3)c(F)c2)CC1. The lowest BCUT2D eigenvalue weighted by Crippen LogP contribution is -2.41. The van der Waals surface area contributed by atoms with Gasteiger partial charge in [0.1, 0.15) is 0 Å². The summed E-state index contributed by atoms with van der Waals surface area (Å²) in [5.74, 6) is 0.246. The Bertz CT molecular complexity index is 845. The molecular formula is C25H34FN3O3. The van der Waals surface area contributed by atoms with Gasteiger partial charge in [0.05, 0.1) is 13.2 Å². The lowest BCUT2D eigenvalue weighted by molar-refractivity contribution is -0.133. The third kappa shape index (κ3) is 5.88. The van der Waals surface area contributed by atoms with Gasteiger partial charge in [0, 0.05) is 19.0 Å². The van der Waals surface area contributed by atoms with E-state index in [-0.39, 0.29) is 30.1 Å². The number of carbonyl (C=O) groups is 2. The Balaban J connectivity index is 1.26. The number of piperidine rings is 1. The highest BCUT2D eigenvalue weighted by Gasteiger charge is 2.24. The number of nitrogens with zero attached hydrogens (tertiary/aromatic N) is 1. The van der Waals surface area contributed by atoms with E-state index in [9.17, 15) is 14.0 Å². The van der Waals surface area contributed by atoms with Crippen LogP contribution in [-0.4, -0.2) is 56.0 Å². The van der Waals surface area contributed by atoms with Crippen molar-refractivity contribution < 1.29 is 18.7 Å². The monoisotopic (exact) mass is 443 g/mol. The summed E-state index contributed by atoms with van der Waals surface area (Å²) in [5, 5.41) is 6.13. The second-order valence-corrected chi connectivity index (χ2v) is 9.16. The molecule has 2 aliphatic heterocycles. The number of carbonyl (C=O) groups excluding carboxylic acids is 2. The van der Waals surface area contributed by atoms with E-state index < -0.39 is 0 Å². The average Bonchev–Trinajstić information content (AvgIpc) is 3.37.